The fourth-order valence-corrected chi connectivity index (χ4v) is 3.05. The summed E-state index contributed by atoms with van der Waals surface area (Å²) in [5, 5.41) is 3.03. The third-order valence-corrected chi connectivity index (χ3v) is 4.09. The quantitative estimate of drug-likeness (QED) is 0.787. The number of anilines is 1. The van der Waals surface area contributed by atoms with E-state index in [9.17, 15) is 4.79 Å². The van der Waals surface area contributed by atoms with Gasteiger partial charge in [-0.2, -0.15) is 0 Å². The van der Waals surface area contributed by atoms with E-state index >= 15 is 0 Å². The second-order valence-electron chi connectivity index (χ2n) is 5.33. The smallest absolute Gasteiger partial charge is 0.228 e. The summed E-state index contributed by atoms with van der Waals surface area (Å²) in [6.45, 7) is 0. The van der Waals surface area contributed by atoms with Crippen LogP contribution in [0.4, 0.5) is 5.69 Å². The summed E-state index contributed by atoms with van der Waals surface area (Å²) in [6, 6.07) is 9.75. The predicted molar refractivity (Wildman–Crippen MR) is 73.1 cm³/mol. The van der Waals surface area contributed by atoms with Crippen LogP contribution in [0.2, 0.25) is 0 Å². The molecule has 1 N–H and O–H groups in total. The molecular weight excluding hydrogens is 222 g/mol. The number of amides is 1. The van der Waals surface area contributed by atoms with Gasteiger partial charge in [-0.05, 0) is 43.2 Å². The molecule has 1 aromatic rings. The van der Waals surface area contributed by atoms with Crippen molar-refractivity contribution in [1.29, 1.82) is 0 Å². The van der Waals surface area contributed by atoms with Crippen LogP contribution in [0.1, 0.15) is 25.7 Å². The molecule has 1 fully saturated rings. The molecule has 1 amide bonds. The zero-order valence-corrected chi connectivity index (χ0v) is 10.5. The van der Waals surface area contributed by atoms with Gasteiger partial charge in [0, 0.05) is 11.6 Å². The maximum atomic E-state index is 12.2. The third-order valence-electron chi connectivity index (χ3n) is 4.09. The summed E-state index contributed by atoms with van der Waals surface area (Å²) in [5.41, 5.74) is 0.908. The van der Waals surface area contributed by atoms with E-state index in [2.05, 4.69) is 17.5 Å². The van der Waals surface area contributed by atoms with Crippen molar-refractivity contribution in [3.63, 3.8) is 0 Å². The largest absolute Gasteiger partial charge is 0.326 e. The molecule has 0 aliphatic heterocycles. The number of para-hydroxylation sites is 1. The maximum Gasteiger partial charge on any atom is 0.228 e. The minimum atomic E-state index is 0.197. The Kier molecular flexibility index (Phi) is 3.18. The lowest BCUT2D eigenvalue weighted by molar-refractivity contribution is -0.117. The van der Waals surface area contributed by atoms with Crippen molar-refractivity contribution in [3.8, 4) is 0 Å². The number of fused-ring (bicyclic) bond motifs is 1. The number of hydrogen-bond donors (Lipinski definition) is 1. The highest BCUT2D eigenvalue weighted by molar-refractivity contribution is 5.95. The van der Waals surface area contributed by atoms with Crippen LogP contribution in [0.25, 0.3) is 0 Å². The van der Waals surface area contributed by atoms with Gasteiger partial charge in [-0.25, -0.2) is 0 Å². The lowest BCUT2D eigenvalue weighted by Crippen LogP contribution is -2.15. The van der Waals surface area contributed by atoms with Crippen LogP contribution >= 0.6 is 0 Å². The maximum absolute atomic E-state index is 12.2. The number of hydrogen-bond acceptors (Lipinski definition) is 1. The molecule has 0 aromatic heterocycles. The van der Waals surface area contributed by atoms with Gasteiger partial charge in [0.2, 0.25) is 5.91 Å². The highest BCUT2D eigenvalue weighted by Crippen LogP contribution is 2.51. The molecule has 0 spiro atoms. The molecule has 1 saturated carbocycles. The van der Waals surface area contributed by atoms with Crippen molar-refractivity contribution >= 4 is 11.6 Å². The molecule has 2 nitrogen and oxygen atoms in total. The van der Waals surface area contributed by atoms with Crippen LogP contribution in [0.5, 0.6) is 0 Å². The normalized spacial score (nSPS) is 31.7. The summed E-state index contributed by atoms with van der Waals surface area (Å²) < 4.78 is 0. The van der Waals surface area contributed by atoms with Crippen molar-refractivity contribution in [2.75, 3.05) is 5.32 Å². The molecule has 0 radical (unpaired) electrons. The van der Waals surface area contributed by atoms with Gasteiger partial charge in [-0.3, -0.25) is 4.79 Å². The number of nitrogens with one attached hydrogen (secondary N) is 1. The summed E-state index contributed by atoms with van der Waals surface area (Å²) in [4.78, 5) is 12.2. The molecule has 2 aliphatic carbocycles. The molecule has 0 unspecified atom stereocenters. The third kappa shape index (κ3) is 2.33. The summed E-state index contributed by atoms with van der Waals surface area (Å²) >= 11 is 0. The van der Waals surface area contributed by atoms with E-state index < -0.39 is 0 Å². The van der Waals surface area contributed by atoms with Crippen LogP contribution in [-0.2, 0) is 4.79 Å². The summed E-state index contributed by atoms with van der Waals surface area (Å²) in [5.74, 6) is 1.49. The van der Waals surface area contributed by atoms with Crippen LogP contribution in [-0.4, -0.2) is 5.91 Å². The number of benzene rings is 1. The first-order valence-corrected chi connectivity index (χ1v) is 6.89. The predicted octanol–water partition coefficient (Wildman–Crippen LogP) is 3.62. The SMILES string of the molecule is O=C(Nc1ccccc1)[C@H]1[C@H]2/C=C\CCCC[C@H]21. The Morgan fingerprint density at radius 3 is 2.83 bits per heavy atom. The molecule has 18 heavy (non-hydrogen) atoms. The molecule has 2 aliphatic rings. The average molecular weight is 241 g/mol. The second kappa shape index (κ2) is 4.97. The Labute approximate surface area is 108 Å². The fourth-order valence-electron chi connectivity index (χ4n) is 3.05. The van der Waals surface area contributed by atoms with Crippen molar-refractivity contribution in [2.24, 2.45) is 17.8 Å². The minimum absolute atomic E-state index is 0.197. The highest BCUT2D eigenvalue weighted by atomic mass is 16.2. The minimum Gasteiger partial charge on any atom is -0.326 e. The molecule has 2 heteroatoms. The average Bonchev–Trinajstić information content (AvgIpc) is 3.02. The van der Waals surface area contributed by atoms with E-state index in [0.717, 1.165) is 5.69 Å². The first kappa shape index (κ1) is 11.5. The monoisotopic (exact) mass is 241 g/mol. The van der Waals surface area contributed by atoms with E-state index in [0.29, 0.717) is 11.8 Å². The number of carbonyl (C=O) groups is 1. The van der Waals surface area contributed by atoms with Gasteiger partial charge in [-0.1, -0.05) is 36.8 Å². The lowest BCUT2D eigenvalue weighted by Gasteiger charge is -2.04. The van der Waals surface area contributed by atoms with Gasteiger partial charge in [-0.15, -0.1) is 0 Å². The lowest BCUT2D eigenvalue weighted by atomic mass is 10.1. The Morgan fingerprint density at radius 1 is 1.17 bits per heavy atom. The zero-order chi connectivity index (χ0) is 12.4. The van der Waals surface area contributed by atoms with Gasteiger partial charge in [0.15, 0.2) is 0 Å². The van der Waals surface area contributed by atoms with Gasteiger partial charge in [0.1, 0.15) is 0 Å². The Morgan fingerprint density at radius 2 is 2.00 bits per heavy atom. The number of allylic oxidation sites excluding steroid dienone is 2. The first-order chi connectivity index (χ1) is 8.86. The Bertz CT molecular complexity index is 451. The topological polar surface area (TPSA) is 29.1 Å². The van der Waals surface area contributed by atoms with Crippen molar-refractivity contribution in [3.05, 3.63) is 42.5 Å². The van der Waals surface area contributed by atoms with Crippen LogP contribution in [0.3, 0.4) is 0 Å². The molecule has 1 aromatic carbocycles. The molecular formula is C16H19NO. The summed E-state index contributed by atoms with van der Waals surface area (Å²) in [7, 11) is 0. The molecule has 94 valence electrons. The Balaban J connectivity index is 1.64. The summed E-state index contributed by atoms with van der Waals surface area (Å²) in [6.07, 6.45) is 9.44. The zero-order valence-electron chi connectivity index (χ0n) is 10.5. The fraction of sp³-hybridized carbons (Fsp3) is 0.438. The Hall–Kier alpha value is -1.57. The van der Waals surface area contributed by atoms with E-state index in [1.807, 2.05) is 30.3 Å². The van der Waals surface area contributed by atoms with Crippen molar-refractivity contribution in [2.45, 2.75) is 25.7 Å². The van der Waals surface area contributed by atoms with Crippen molar-refractivity contribution < 1.29 is 4.79 Å². The van der Waals surface area contributed by atoms with Crippen LogP contribution in [0.15, 0.2) is 42.5 Å². The first-order valence-electron chi connectivity index (χ1n) is 6.89. The van der Waals surface area contributed by atoms with Gasteiger partial charge in [0.25, 0.3) is 0 Å². The van der Waals surface area contributed by atoms with E-state index in [1.165, 1.54) is 25.7 Å². The molecule has 3 rings (SSSR count). The van der Waals surface area contributed by atoms with E-state index in [4.69, 9.17) is 0 Å². The standard InChI is InChI=1S/C16H19NO/c18-16(17-12-8-4-3-5-9-12)15-13-10-6-1-2-7-11-14(13)15/h3-6,8-10,13-15H,1-2,7,11H2,(H,17,18)/b10-6-/t13-,14+,15-/m0/s1. The molecule has 0 heterocycles. The molecule has 0 bridgehead atoms. The molecule has 3 atom stereocenters. The van der Waals surface area contributed by atoms with Crippen LogP contribution < -0.4 is 5.32 Å². The number of rotatable bonds is 2. The second-order valence-corrected chi connectivity index (χ2v) is 5.33. The van der Waals surface area contributed by atoms with Gasteiger partial charge < -0.3 is 5.32 Å². The number of carbonyl (C=O) groups excluding carboxylic acids is 1. The van der Waals surface area contributed by atoms with Crippen LogP contribution in [0, 0.1) is 17.8 Å². The van der Waals surface area contributed by atoms with E-state index in [-0.39, 0.29) is 11.8 Å². The highest BCUT2D eigenvalue weighted by Gasteiger charge is 2.52. The van der Waals surface area contributed by atoms with E-state index in [1.54, 1.807) is 0 Å². The van der Waals surface area contributed by atoms with Crippen molar-refractivity contribution in [1.82, 2.24) is 0 Å². The van der Waals surface area contributed by atoms with Gasteiger partial charge in [0.05, 0.1) is 0 Å². The van der Waals surface area contributed by atoms with Gasteiger partial charge >= 0.3 is 0 Å². The molecule has 0 saturated heterocycles.